The summed E-state index contributed by atoms with van der Waals surface area (Å²) < 4.78 is 0. The number of pyridine rings is 1. The predicted octanol–water partition coefficient (Wildman–Crippen LogP) is 5.39. The minimum Gasteiger partial charge on any atom is -0.385 e. The van der Waals surface area contributed by atoms with Gasteiger partial charge in [0.2, 0.25) is 0 Å². The molecule has 1 aliphatic heterocycles. The molecule has 2 heterocycles. The number of anilines is 2. The Bertz CT molecular complexity index is 885. The van der Waals surface area contributed by atoms with Crippen LogP contribution in [0.5, 0.6) is 0 Å². The van der Waals surface area contributed by atoms with Crippen molar-refractivity contribution in [2.75, 3.05) is 37.7 Å². The molecule has 0 atom stereocenters. The number of unbranched alkanes of at least 4 members (excludes halogenated alkanes) is 9. The number of nitrogens with two attached hydrogens (primary N) is 1. The maximum absolute atomic E-state index is 12.1. The fraction of sp³-hybridized carbons (Fsp3) is 0.571. The van der Waals surface area contributed by atoms with Gasteiger partial charge >= 0.3 is 0 Å². The molecule has 0 saturated carbocycles. The average Bonchev–Trinajstić information content (AvgIpc) is 2.84. The van der Waals surface area contributed by atoms with Crippen molar-refractivity contribution in [2.45, 2.75) is 77.2 Å². The number of rotatable bonds is 15. The van der Waals surface area contributed by atoms with Crippen molar-refractivity contribution >= 4 is 17.4 Å². The normalized spacial score (nSPS) is 13.4. The van der Waals surface area contributed by atoms with Crippen LogP contribution >= 0.6 is 0 Å². The molecule has 6 nitrogen and oxygen atoms in total. The summed E-state index contributed by atoms with van der Waals surface area (Å²) in [4.78, 5) is 18.4. The van der Waals surface area contributed by atoms with Gasteiger partial charge in [-0.2, -0.15) is 0 Å². The zero-order valence-corrected chi connectivity index (χ0v) is 21.0. The number of amides is 1. The summed E-state index contributed by atoms with van der Waals surface area (Å²) in [6.45, 7) is 4.01. The standard InChI is InChI=1S/C28H43N5O/c1-33-20-16-23-21-25(15-14-24(23)22-33)30-17-10-8-6-4-2-3-5-7-9-11-18-32-28(34)26-13-12-19-31-27(26)29/h12-15,19,21,30H,2-11,16-18,20,22H2,1H3,(H2,29,31)(H,32,34). The van der Waals surface area contributed by atoms with Gasteiger partial charge in [0.05, 0.1) is 5.56 Å². The first-order valence-electron chi connectivity index (χ1n) is 13.2. The number of fused-ring (bicyclic) bond motifs is 1. The third kappa shape index (κ3) is 8.98. The number of carbonyl (C=O) groups is 1. The summed E-state index contributed by atoms with van der Waals surface area (Å²) in [6, 6.07) is 10.3. The lowest BCUT2D eigenvalue weighted by atomic mass is 9.99. The van der Waals surface area contributed by atoms with Crippen LogP contribution in [-0.2, 0) is 13.0 Å². The SMILES string of the molecule is CN1CCc2cc(NCCCCCCCCCCCCNC(=O)c3cccnc3N)ccc2C1. The summed E-state index contributed by atoms with van der Waals surface area (Å²) in [5.74, 6) is 0.163. The monoisotopic (exact) mass is 465 g/mol. The largest absolute Gasteiger partial charge is 0.385 e. The lowest BCUT2D eigenvalue weighted by Gasteiger charge is -2.25. The van der Waals surface area contributed by atoms with Crippen LogP contribution in [0.15, 0.2) is 36.5 Å². The van der Waals surface area contributed by atoms with Crippen molar-refractivity contribution in [2.24, 2.45) is 0 Å². The Labute approximate surface area is 205 Å². The third-order valence-corrected chi connectivity index (χ3v) is 6.71. The second-order valence-corrected chi connectivity index (χ2v) is 9.63. The first kappa shape index (κ1) is 26.0. The highest BCUT2D eigenvalue weighted by atomic mass is 16.1. The lowest BCUT2D eigenvalue weighted by molar-refractivity contribution is 0.0953. The fourth-order valence-corrected chi connectivity index (χ4v) is 4.61. The molecule has 0 fully saturated rings. The molecule has 34 heavy (non-hydrogen) atoms. The van der Waals surface area contributed by atoms with E-state index in [2.05, 4.69) is 45.8 Å². The maximum atomic E-state index is 12.1. The van der Waals surface area contributed by atoms with Crippen LogP contribution < -0.4 is 16.4 Å². The number of likely N-dealkylation sites (N-methyl/N-ethyl adjacent to an activating group) is 1. The third-order valence-electron chi connectivity index (χ3n) is 6.71. The Balaban J connectivity index is 1.10. The fourth-order valence-electron chi connectivity index (χ4n) is 4.61. The molecule has 186 valence electrons. The van der Waals surface area contributed by atoms with E-state index in [0.29, 0.717) is 17.9 Å². The van der Waals surface area contributed by atoms with Crippen LogP contribution in [-0.4, -0.2) is 42.5 Å². The van der Waals surface area contributed by atoms with E-state index in [1.807, 2.05) is 0 Å². The first-order chi connectivity index (χ1) is 16.6. The molecule has 4 N–H and O–H groups in total. The highest BCUT2D eigenvalue weighted by Gasteiger charge is 2.13. The van der Waals surface area contributed by atoms with Crippen LogP contribution in [0.2, 0.25) is 0 Å². The summed E-state index contributed by atoms with van der Waals surface area (Å²) >= 11 is 0. The van der Waals surface area contributed by atoms with Crippen molar-refractivity contribution < 1.29 is 4.79 Å². The predicted molar refractivity (Wildman–Crippen MR) is 142 cm³/mol. The zero-order chi connectivity index (χ0) is 24.0. The van der Waals surface area contributed by atoms with Crippen LogP contribution in [0.4, 0.5) is 11.5 Å². The summed E-state index contributed by atoms with van der Waals surface area (Å²) in [5, 5.41) is 6.55. The number of aromatic nitrogens is 1. The summed E-state index contributed by atoms with van der Waals surface area (Å²) in [5.41, 5.74) is 10.5. The molecule has 0 aliphatic carbocycles. The Morgan fingerprint density at radius 2 is 1.62 bits per heavy atom. The number of hydrogen-bond donors (Lipinski definition) is 3. The van der Waals surface area contributed by atoms with Crippen molar-refractivity contribution in [1.29, 1.82) is 0 Å². The molecule has 0 bridgehead atoms. The Kier molecular flexibility index (Phi) is 11.2. The van der Waals surface area contributed by atoms with Crippen LogP contribution in [0.25, 0.3) is 0 Å². The first-order valence-corrected chi connectivity index (χ1v) is 13.2. The Morgan fingerprint density at radius 3 is 2.32 bits per heavy atom. The molecular weight excluding hydrogens is 422 g/mol. The van der Waals surface area contributed by atoms with E-state index in [-0.39, 0.29) is 5.91 Å². The van der Waals surface area contributed by atoms with E-state index >= 15 is 0 Å². The highest BCUT2D eigenvalue weighted by Crippen LogP contribution is 2.22. The summed E-state index contributed by atoms with van der Waals surface area (Å²) in [7, 11) is 2.20. The van der Waals surface area contributed by atoms with E-state index in [4.69, 9.17) is 5.73 Å². The molecular formula is C28H43N5O. The van der Waals surface area contributed by atoms with Gasteiger partial charge in [0.25, 0.3) is 5.91 Å². The van der Waals surface area contributed by atoms with Gasteiger partial charge in [-0.3, -0.25) is 4.79 Å². The van der Waals surface area contributed by atoms with Gasteiger partial charge in [0.1, 0.15) is 5.82 Å². The summed E-state index contributed by atoms with van der Waals surface area (Å²) in [6.07, 6.45) is 15.4. The molecule has 0 unspecified atom stereocenters. The van der Waals surface area contributed by atoms with Crippen molar-refractivity contribution in [3.63, 3.8) is 0 Å². The van der Waals surface area contributed by atoms with E-state index in [9.17, 15) is 4.79 Å². The molecule has 2 aromatic rings. The number of hydrogen-bond acceptors (Lipinski definition) is 5. The highest BCUT2D eigenvalue weighted by molar-refractivity contribution is 5.98. The van der Waals surface area contributed by atoms with Crippen molar-refractivity contribution in [3.05, 3.63) is 53.2 Å². The molecule has 0 spiro atoms. The van der Waals surface area contributed by atoms with E-state index in [1.165, 1.54) is 74.6 Å². The molecule has 1 amide bonds. The lowest BCUT2D eigenvalue weighted by Crippen LogP contribution is -2.26. The van der Waals surface area contributed by atoms with Gasteiger partial charge in [-0.1, -0.05) is 57.4 Å². The minimum absolute atomic E-state index is 0.128. The topological polar surface area (TPSA) is 83.3 Å². The van der Waals surface area contributed by atoms with E-state index in [1.54, 1.807) is 18.3 Å². The number of nitrogens with one attached hydrogen (secondary N) is 2. The van der Waals surface area contributed by atoms with E-state index in [0.717, 1.165) is 32.5 Å². The van der Waals surface area contributed by atoms with Crippen molar-refractivity contribution in [3.8, 4) is 0 Å². The van der Waals surface area contributed by atoms with Crippen LogP contribution in [0.1, 0.15) is 85.7 Å². The number of nitrogens with zero attached hydrogens (tertiary/aromatic N) is 2. The number of carbonyl (C=O) groups excluding carboxylic acids is 1. The smallest absolute Gasteiger partial charge is 0.255 e. The van der Waals surface area contributed by atoms with E-state index < -0.39 is 0 Å². The van der Waals surface area contributed by atoms with Gasteiger partial charge in [-0.05, 0) is 61.7 Å². The maximum Gasteiger partial charge on any atom is 0.255 e. The molecule has 1 aromatic carbocycles. The molecule has 6 heteroatoms. The van der Waals surface area contributed by atoms with Gasteiger partial charge in [0.15, 0.2) is 0 Å². The molecule has 0 radical (unpaired) electrons. The quantitative estimate of drug-likeness (QED) is 0.307. The van der Waals surface area contributed by atoms with Gasteiger partial charge < -0.3 is 21.3 Å². The molecule has 0 saturated heterocycles. The minimum atomic E-state index is -0.128. The molecule has 1 aromatic heterocycles. The molecule has 1 aliphatic rings. The van der Waals surface area contributed by atoms with Crippen molar-refractivity contribution in [1.82, 2.24) is 15.2 Å². The van der Waals surface area contributed by atoms with Gasteiger partial charge in [-0.25, -0.2) is 4.98 Å². The van der Waals surface area contributed by atoms with Gasteiger partial charge in [0, 0.05) is 38.1 Å². The van der Waals surface area contributed by atoms with Crippen LogP contribution in [0.3, 0.4) is 0 Å². The second-order valence-electron chi connectivity index (χ2n) is 9.63. The molecule has 3 rings (SSSR count). The number of benzene rings is 1. The Hall–Kier alpha value is -2.60. The van der Waals surface area contributed by atoms with Crippen LogP contribution in [0, 0.1) is 0 Å². The average molecular weight is 466 g/mol. The van der Waals surface area contributed by atoms with Gasteiger partial charge in [-0.15, -0.1) is 0 Å². The zero-order valence-electron chi connectivity index (χ0n) is 21.0. The number of nitrogen functional groups attached to an aromatic ring is 1. The Morgan fingerprint density at radius 1 is 0.941 bits per heavy atom. The second kappa shape index (κ2) is 14.6.